The molecule has 0 aliphatic heterocycles. The van der Waals surface area contributed by atoms with Gasteiger partial charge < -0.3 is 15.4 Å². The van der Waals surface area contributed by atoms with E-state index in [9.17, 15) is 14.4 Å². The van der Waals surface area contributed by atoms with Crippen molar-refractivity contribution >= 4 is 29.1 Å². The summed E-state index contributed by atoms with van der Waals surface area (Å²) in [5.74, 6) is 0.614. The van der Waals surface area contributed by atoms with Gasteiger partial charge in [-0.05, 0) is 87.1 Å². The van der Waals surface area contributed by atoms with Crippen molar-refractivity contribution in [2.24, 2.45) is 0 Å². The lowest BCUT2D eigenvalue weighted by Gasteiger charge is -2.35. The maximum absolute atomic E-state index is 12.7. The number of fused-ring (bicyclic) bond motifs is 1. The van der Waals surface area contributed by atoms with E-state index in [1.165, 1.54) is 73.8 Å². The number of esters is 1. The molecule has 0 unspecified atom stereocenters. The van der Waals surface area contributed by atoms with E-state index >= 15 is 0 Å². The zero-order chi connectivity index (χ0) is 34.9. The number of hydrogen-bond acceptors (Lipinski definition) is 6. The highest BCUT2D eigenvalue weighted by Crippen LogP contribution is 2.32. The van der Waals surface area contributed by atoms with Gasteiger partial charge in [-0.3, -0.25) is 19.3 Å². The van der Waals surface area contributed by atoms with Crippen molar-refractivity contribution in [1.29, 1.82) is 0 Å². The van der Waals surface area contributed by atoms with Gasteiger partial charge in [0.15, 0.2) is 0 Å². The molecular weight excluding hydrogens is 631 g/mol. The minimum atomic E-state index is -0.285. The van der Waals surface area contributed by atoms with Crippen LogP contribution in [0.25, 0.3) is 0 Å². The Labute approximate surface area is 301 Å². The number of carbonyl (C=O) groups is 3. The maximum atomic E-state index is 12.7. The van der Waals surface area contributed by atoms with E-state index in [0.717, 1.165) is 77.4 Å². The van der Waals surface area contributed by atoms with Crippen LogP contribution in [0, 0.1) is 0 Å². The number of amides is 2. The fourth-order valence-corrected chi connectivity index (χ4v) is 7.70. The summed E-state index contributed by atoms with van der Waals surface area (Å²) in [6, 6.07) is 11.0. The van der Waals surface area contributed by atoms with Gasteiger partial charge in [-0.2, -0.15) is 0 Å². The minimum Gasteiger partial charge on any atom is -0.426 e. The molecule has 1 aliphatic rings. The molecule has 49 heavy (non-hydrogen) atoms. The Morgan fingerprint density at radius 3 is 2.00 bits per heavy atom. The summed E-state index contributed by atoms with van der Waals surface area (Å²) < 4.78 is 5.82. The van der Waals surface area contributed by atoms with Crippen LogP contribution in [0.5, 0.6) is 5.75 Å². The third-order valence-corrected chi connectivity index (χ3v) is 10.7. The third-order valence-electron chi connectivity index (χ3n) is 9.72. The van der Waals surface area contributed by atoms with Crippen molar-refractivity contribution in [2.45, 2.75) is 155 Å². The number of thiophene rings is 1. The minimum absolute atomic E-state index is 0.0240. The number of nitrogens with one attached hydrogen (secondary N) is 2. The second kappa shape index (κ2) is 25.3. The second-order valence-electron chi connectivity index (χ2n) is 13.8. The topological polar surface area (TPSA) is 87.7 Å². The molecule has 1 aromatic heterocycles. The van der Waals surface area contributed by atoms with E-state index in [-0.39, 0.29) is 24.2 Å². The first-order valence-electron chi connectivity index (χ1n) is 19.6. The molecule has 0 saturated heterocycles. The molecule has 1 atom stereocenters. The number of hydrogen-bond donors (Lipinski definition) is 2. The number of unbranched alkanes of at least 4 members (excludes halogenated alkanes) is 12. The lowest BCUT2D eigenvalue weighted by atomic mass is 9.86. The lowest BCUT2D eigenvalue weighted by Crippen LogP contribution is -2.41. The number of rotatable bonds is 27. The number of nitrogens with zero attached hydrogens (tertiary/aromatic N) is 1. The Morgan fingerprint density at radius 2 is 1.41 bits per heavy atom. The molecule has 0 radical (unpaired) electrons. The molecule has 0 saturated carbocycles. The molecule has 1 aliphatic carbocycles. The molecule has 3 rings (SSSR count). The quantitative estimate of drug-likeness (QED) is 0.0554. The summed E-state index contributed by atoms with van der Waals surface area (Å²) >= 11 is 1.84. The van der Waals surface area contributed by atoms with Crippen molar-refractivity contribution < 1.29 is 19.1 Å². The van der Waals surface area contributed by atoms with Crippen molar-refractivity contribution in [2.75, 3.05) is 26.2 Å². The van der Waals surface area contributed by atoms with Gasteiger partial charge in [-0.1, -0.05) is 95.8 Å². The van der Waals surface area contributed by atoms with Gasteiger partial charge in [-0.15, -0.1) is 11.3 Å². The fourth-order valence-electron chi connectivity index (χ4n) is 7.00. The van der Waals surface area contributed by atoms with E-state index in [1.54, 1.807) is 0 Å². The first-order chi connectivity index (χ1) is 24.0. The Bertz CT molecular complexity index is 1200. The molecule has 1 heterocycles. The second-order valence-corrected chi connectivity index (χ2v) is 14.8. The Morgan fingerprint density at radius 1 is 0.776 bits per heavy atom. The van der Waals surface area contributed by atoms with Gasteiger partial charge in [0.05, 0.1) is 6.42 Å². The van der Waals surface area contributed by atoms with Crippen LogP contribution in [0.1, 0.15) is 145 Å². The zero-order valence-corrected chi connectivity index (χ0v) is 31.5. The van der Waals surface area contributed by atoms with E-state index < -0.39 is 0 Å². The van der Waals surface area contributed by atoms with Crippen molar-refractivity contribution in [3.05, 3.63) is 51.7 Å². The molecular formula is C41H65N3O4S. The monoisotopic (exact) mass is 695 g/mol. The van der Waals surface area contributed by atoms with Crippen molar-refractivity contribution in [3.63, 3.8) is 0 Å². The van der Waals surface area contributed by atoms with E-state index in [1.807, 2.05) is 30.4 Å². The Hall–Kier alpha value is -2.71. The average Bonchev–Trinajstić information content (AvgIpc) is 3.62. The van der Waals surface area contributed by atoms with Crippen molar-refractivity contribution in [3.8, 4) is 5.75 Å². The highest BCUT2D eigenvalue weighted by molar-refractivity contribution is 7.09. The van der Waals surface area contributed by atoms with Crippen LogP contribution in [-0.4, -0.2) is 54.9 Å². The first kappa shape index (κ1) is 40.7. The predicted molar refractivity (Wildman–Crippen MR) is 203 cm³/mol. The standard InChI is InChI=1S/C41H65N3O4S/c1-3-30-44(31-28-36-21-19-32-49-36)35-25-26-37-34(33-35)20-18-22-38(37)48-41(47)27-29-43-40(46)24-17-15-13-11-9-7-5-6-8-10-12-14-16-23-39(45)42-4-2/h18-22,32,35H,3-17,23-31,33H2,1-2H3,(H,42,45)(H,43,46)/t35-/m0/s1. The molecule has 2 aromatic rings. The van der Waals surface area contributed by atoms with E-state index in [0.29, 0.717) is 31.2 Å². The zero-order valence-electron chi connectivity index (χ0n) is 30.7. The average molecular weight is 696 g/mol. The molecule has 7 nitrogen and oxygen atoms in total. The summed E-state index contributed by atoms with van der Waals surface area (Å²) in [6.45, 7) is 7.46. The van der Waals surface area contributed by atoms with Crippen LogP contribution in [-0.2, 0) is 33.6 Å². The third kappa shape index (κ3) is 17.2. The molecule has 8 heteroatoms. The molecule has 274 valence electrons. The summed E-state index contributed by atoms with van der Waals surface area (Å²) in [5, 5.41) is 7.92. The largest absolute Gasteiger partial charge is 0.426 e. The number of benzene rings is 1. The van der Waals surface area contributed by atoms with Crippen LogP contribution in [0.15, 0.2) is 35.7 Å². The molecule has 1 aromatic carbocycles. The van der Waals surface area contributed by atoms with Crippen LogP contribution in [0.3, 0.4) is 0 Å². The van der Waals surface area contributed by atoms with Gasteiger partial charge in [0, 0.05) is 43.4 Å². The van der Waals surface area contributed by atoms with Gasteiger partial charge in [0.1, 0.15) is 5.75 Å². The highest BCUT2D eigenvalue weighted by atomic mass is 32.1. The molecule has 0 fully saturated rings. The Balaban J connectivity index is 1.18. The predicted octanol–water partition coefficient (Wildman–Crippen LogP) is 8.96. The van der Waals surface area contributed by atoms with Crippen molar-refractivity contribution in [1.82, 2.24) is 15.5 Å². The number of ether oxygens (including phenoxy) is 1. The van der Waals surface area contributed by atoms with Crippen LogP contribution >= 0.6 is 11.3 Å². The van der Waals surface area contributed by atoms with Gasteiger partial charge in [-0.25, -0.2) is 0 Å². The maximum Gasteiger partial charge on any atom is 0.312 e. The SMILES string of the molecule is CCCN(CCc1cccs1)[C@H]1CCc2c(cccc2OC(=O)CCNC(=O)CCCCCCCCCCCCCCCC(=O)NCC)C1. The smallest absolute Gasteiger partial charge is 0.312 e. The molecule has 2 amide bonds. The van der Waals surface area contributed by atoms with Crippen LogP contribution in [0.4, 0.5) is 0 Å². The Kier molecular flexibility index (Phi) is 21.0. The summed E-state index contributed by atoms with van der Waals surface area (Å²) in [5.41, 5.74) is 2.46. The van der Waals surface area contributed by atoms with Crippen LogP contribution < -0.4 is 15.4 Å². The summed E-state index contributed by atoms with van der Waals surface area (Å²) in [7, 11) is 0. The highest BCUT2D eigenvalue weighted by Gasteiger charge is 2.26. The van der Waals surface area contributed by atoms with Gasteiger partial charge in [0.25, 0.3) is 0 Å². The molecule has 0 spiro atoms. The first-order valence-corrected chi connectivity index (χ1v) is 20.5. The molecule has 0 bridgehead atoms. The number of carbonyl (C=O) groups excluding carboxylic acids is 3. The normalized spacial score (nSPS) is 14.1. The summed E-state index contributed by atoms with van der Waals surface area (Å²) in [6.07, 6.45) is 22.2. The van der Waals surface area contributed by atoms with Gasteiger partial charge >= 0.3 is 5.97 Å². The van der Waals surface area contributed by atoms with E-state index in [4.69, 9.17) is 4.74 Å². The summed E-state index contributed by atoms with van der Waals surface area (Å²) in [4.78, 5) is 40.5. The fraction of sp³-hybridized carbons (Fsp3) is 0.683. The van der Waals surface area contributed by atoms with E-state index in [2.05, 4.69) is 46.0 Å². The molecule has 2 N–H and O–H groups in total. The lowest BCUT2D eigenvalue weighted by molar-refractivity contribution is -0.134. The van der Waals surface area contributed by atoms with Gasteiger partial charge in [0.2, 0.25) is 11.8 Å². The van der Waals surface area contributed by atoms with Crippen LogP contribution in [0.2, 0.25) is 0 Å².